The van der Waals surface area contributed by atoms with Gasteiger partial charge in [-0.15, -0.1) is 11.3 Å². The molecule has 0 amide bonds. The van der Waals surface area contributed by atoms with Gasteiger partial charge in [0.25, 0.3) is 10.0 Å². The number of anilines is 1. The first-order chi connectivity index (χ1) is 9.46. The van der Waals surface area contributed by atoms with Crippen molar-refractivity contribution in [3.05, 3.63) is 45.8 Å². The van der Waals surface area contributed by atoms with Crippen LogP contribution in [-0.2, 0) is 10.0 Å². The molecule has 1 N–H and O–H groups in total. The van der Waals surface area contributed by atoms with Gasteiger partial charge in [-0.2, -0.15) is 10.5 Å². The second-order valence-corrected chi connectivity index (χ2v) is 7.07. The molecule has 100 valence electrons. The second kappa shape index (κ2) is 5.51. The van der Waals surface area contributed by atoms with Crippen LogP contribution in [0.4, 0.5) is 5.69 Å². The smallest absolute Gasteiger partial charge is 0.271 e. The topological polar surface area (TPSA) is 93.8 Å². The van der Waals surface area contributed by atoms with Crippen LogP contribution in [0, 0.1) is 22.7 Å². The lowest BCUT2D eigenvalue weighted by Gasteiger charge is -2.08. The van der Waals surface area contributed by atoms with Crippen LogP contribution < -0.4 is 4.72 Å². The van der Waals surface area contributed by atoms with Crippen molar-refractivity contribution in [3.63, 3.8) is 0 Å². The molecule has 0 aliphatic rings. The van der Waals surface area contributed by atoms with Gasteiger partial charge in [0.05, 0.1) is 11.3 Å². The van der Waals surface area contributed by atoms with Crippen LogP contribution in [0.1, 0.15) is 10.4 Å². The van der Waals surface area contributed by atoms with E-state index in [4.69, 9.17) is 22.1 Å². The van der Waals surface area contributed by atoms with E-state index in [1.807, 2.05) is 12.1 Å². The van der Waals surface area contributed by atoms with E-state index in [1.165, 1.54) is 30.3 Å². The maximum Gasteiger partial charge on any atom is 0.271 e. The minimum atomic E-state index is -3.84. The van der Waals surface area contributed by atoms with E-state index in [-0.39, 0.29) is 20.3 Å². The van der Waals surface area contributed by atoms with Gasteiger partial charge in [-0.25, -0.2) is 8.42 Å². The molecule has 0 radical (unpaired) electrons. The molecule has 2 aromatic rings. The summed E-state index contributed by atoms with van der Waals surface area (Å²) < 4.78 is 26.6. The molecular weight excluding hydrogens is 318 g/mol. The molecule has 0 saturated carbocycles. The molecular formula is C12H6ClN3O2S2. The molecule has 0 unspecified atom stereocenters. The molecule has 20 heavy (non-hydrogen) atoms. The fraction of sp³-hybridized carbons (Fsp3) is 0. The predicted molar refractivity (Wildman–Crippen MR) is 76.0 cm³/mol. The van der Waals surface area contributed by atoms with Crippen molar-refractivity contribution in [2.75, 3.05) is 4.72 Å². The van der Waals surface area contributed by atoms with E-state index in [1.54, 1.807) is 0 Å². The fourth-order valence-corrected chi connectivity index (χ4v) is 3.76. The third-order valence-corrected chi connectivity index (χ3v) is 5.39. The monoisotopic (exact) mass is 323 g/mol. The molecule has 8 heteroatoms. The lowest BCUT2D eigenvalue weighted by Crippen LogP contribution is -2.12. The van der Waals surface area contributed by atoms with Crippen LogP contribution in [0.5, 0.6) is 0 Å². The third kappa shape index (κ3) is 2.91. The second-order valence-electron chi connectivity index (χ2n) is 3.64. The number of rotatable bonds is 3. The van der Waals surface area contributed by atoms with Crippen LogP contribution in [0.2, 0.25) is 5.02 Å². The van der Waals surface area contributed by atoms with Crippen molar-refractivity contribution in [1.29, 1.82) is 10.5 Å². The Balaban J connectivity index is 2.41. The van der Waals surface area contributed by atoms with Crippen molar-refractivity contribution < 1.29 is 8.42 Å². The van der Waals surface area contributed by atoms with E-state index < -0.39 is 10.0 Å². The van der Waals surface area contributed by atoms with Crippen LogP contribution in [0.3, 0.4) is 0 Å². The normalized spacial score (nSPS) is 10.6. The van der Waals surface area contributed by atoms with Gasteiger partial charge in [-0.3, -0.25) is 4.72 Å². The summed E-state index contributed by atoms with van der Waals surface area (Å²) in [7, 11) is -3.84. The minimum Gasteiger partial charge on any atom is -0.278 e. The number of sulfonamides is 1. The summed E-state index contributed by atoms with van der Waals surface area (Å²) in [6.45, 7) is 0. The first-order valence-corrected chi connectivity index (χ1v) is 7.86. The molecule has 0 saturated heterocycles. The number of nitrogens with one attached hydrogen (secondary N) is 1. The molecule has 5 nitrogen and oxygen atoms in total. The van der Waals surface area contributed by atoms with Gasteiger partial charge < -0.3 is 0 Å². The molecule has 0 aliphatic carbocycles. The Morgan fingerprint density at radius 1 is 1.15 bits per heavy atom. The first kappa shape index (κ1) is 14.4. The Morgan fingerprint density at radius 3 is 2.50 bits per heavy atom. The van der Waals surface area contributed by atoms with Crippen LogP contribution in [0.25, 0.3) is 0 Å². The molecule has 0 aliphatic heterocycles. The summed E-state index contributed by atoms with van der Waals surface area (Å²) in [6, 6.07) is 10.8. The molecule has 0 spiro atoms. The average molecular weight is 324 g/mol. The molecule has 2 rings (SSSR count). The van der Waals surface area contributed by atoms with Gasteiger partial charge in [0, 0.05) is 5.02 Å². The lowest BCUT2D eigenvalue weighted by molar-refractivity contribution is 0.603. The SMILES string of the molecule is N#Cc1ccc(S(=O)(=O)Nc2cc(Cl)ccc2C#N)s1. The Kier molecular flexibility index (Phi) is 3.96. The zero-order valence-electron chi connectivity index (χ0n) is 9.79. The van der Waals surface area contributed by atoms with Crippen LogP contribution >= 0.6 is 22.9 Å². The quantitative estimate of drug-likeness (QED) is 0.939. The molecule has 1 aromatic heterocycles. The fourth-order valence-electron chi connectivity index (χ4n) is 1.42. The molecule has 1 aromatic carbocycles. The number of nitrogens with zero attached hydrogens (tertiary/aromatic N) is 2. The largest absolute Gasteiger partial charge is 0.278 e. The standard InChI is InChI=1S/C12H6ClN3O2S2/c13-9-2-1-8(6-14)11(5-9)16-20(17,18)12-4-3-10(7-15)19-12/h1-5,16H. The zero-order chi connectivity index (χ0) is 14.8. The lowest BCUT2D eigenvalue weighted by atomic mass is 10.2. The third-order valence-electron chi connectivity index (χ3n) is 2.30. The van der Waals surface area contributed by atoms with E-state index in [0.717, 1.165) is 11.3 Å². The summed E-state index contributed by atoms with van der Waals surface area (Å²) in [4.78, 5) is 0.289. The van der Waals surface area contributed by atoms with Crippen molar-refractivity contribution in [1.82, 2.24) is 0 Å². The Bertz CT molecular complexity index is 844. The highest BCUT2D eigenvalue weighted by atomic mass is 35.5. The maximum absolute atomic E-state index is 12.1. The Labute approximate surface area is 124 Å². The molecule has 0 fully saturated rings. The zero-order valence-corrected chi connectivity index (χ0v) is 12.2. The number of nitriles is 2. The van der Waals surface area contributed by atoms with Gasteiger partial charge in [0.15, 0.2) is 0 Å². The number of halogens is 1. The highest BCUT2D eigenvalue weighted by Crippen LogP contribution is 2.26. The van der Waals surface area contributed by atoms with Gasteiger partial charge in [0.1, 0.15) is 21.2 Å². The predicted octanol–water partition coefficient (Wildman–Crippen LogP) is 2.95. The molecule has 0 atom stereocenters. The maximum atomic E-state index is 12.1. The number of hydrogen-bond acceptors (Lipinski definition) is 5. The molecule has 1 heterocycles. The van der Waals surface area contributed by atoms with E-state index in [9.17, 15) is 8.42 Å². The summed E-state index contributed by atoms with van der Waals surface area (Å²) >= 11 is 6.64. The van der Waals surface area contributed by atoms with E-state index >= 15 is 0 Å². The van der Waals surface area contributed by atoms with Gasteiger partial charge >= 0.3 is 0 Å². The Morgan fingerprint density at radius 2 is 1.90 bits per heavy atom. The minimum absolute atomic E-state index is 0.00193. The van der Waals surface area contributed by atoms with Crippen molar-refractivity contribution in [2.45, 2.75) is 4.21 Å². The van der Waals surface area contributed by atoms with E-state index in [2.05, 4.69) is 4.72 Å². The van der Waals surface area contributed by atoms with Gasteiger partial charge in [0.2, 0.25) is 0 Å². The average Bonchev–Trinajstić information content (AvgIpc) is 2.88. The van der Waals surface area contributed by atoms with Crippen molar-refractivity contribution in [2.24, 2.45) is 0 Å². The highest BCUT2D eigenvalue weighted by molar-refractivity contribution is 7.94. The van der Waals surface area contributed by atoms with Crippen molar-refractivity contribution >= 4 is 38.6 Å². The van der Waals surface area contributed by atoms with Crippen LogP contribution in [0.15, 0.2) is 34.5 Å². The summed E-state index contributed by atoms with van der Waals surface area (Å²) in [5.41, 5.74) is 0.266. The Hall–Kier alpha value is -2.06. The summed E-state index contributed by atoms with van der Waals surface area (Å²) in [5.74, 6) is 0. The van der Waals surface area contributed by atoms with Crippen molar-refractivity contribution in [3.8, 4) is 12.1 Å². The summed E-state index contributed by atoms with van der Waals surface area (Å²) in [6.07, 6.45) is 0. The first-order valence-electron chi connectivity index (χ1n) is 5.18. The number of thiophene rings is 1. The molecule has 0 bridgehead atoms. The van der Waals surface area contributed by atoms with Gasteiger partial charge in [-0.05, 0) is 30.3 Å². The van der Waals surface area contributed by atoms with Crippen LogP contribution in [-0.4, -0.2) is 8.42 Å². The highest BCUT2D eigenvalue weighted by Gasteiger charge is 2.18. The number of benzene rings is 1. The van der Waals surface area contributed by atoms with Gasteiger partial charge in [-0.1, -0.05) is 11.6 Å². The number of hydrogen-bond donors (Lipinski definition) is 1. The van der Waals surface area contributed by atoms with E-state index in [0.29, 0.717) is 5.02 Å². The summed E-state index contributed by atoms with van der Waals surface area (Å²) in [5, 5.41) is 18.0.